The standard InChI is InChI=1S/C16H18N2O2S/c1-3-16(2)15(20)18(9-14(19)17-16)8-11-10-21-13-7-5-4-6-12(11)13/h4-7,10H,3,8-9H2,1-2H3,(H,17,19). The average Bonchev–Trinajstić information content (AvgIpc) is 2.88. The Balaban J connectivity index is 1.90. The van der Waals surface area contributed by atoms with Crippen molar-refractivity contribution in [2.24, 2.45) is 0 Å². The molecule has 4 nitrogen and oxygen atoms in total. The van der Waals surface area contributed by atoms with Crippen molar-refractivity contribution in [3.8, 4) is 0 Å². The number of fused-ring (bicyclic) bond motifs is 1. The lowest BCUT2D eigenvalue weighted by Crippen LogP contribution is -2.64. The topological polar surface area (TPSA) is 49.4 Å². The van der Waals surface area contributed by atoms with Crippen molar-refractivity contribution >= 4 is 33.2 Å². The lowest BCUT2D eigenvalue weighted by Gasteiger charge is -2.39. The molecule has 2 heterocycles. The minimum atomic E-state index is -0.777. The number of piperazine rings is 1. The van der Waals surface area contributed by atoms with E-state index in [0.717, 1.165) is 5.56 Å². The Hall–Kier alpha value is -1.88. The highest BCUT2D eigenvalue weighted by molar-refractivity contribution is 7.17. The van der Waals surface area contributed by atoms with Gasteiger partial charge in [-0.25, -0.2) is 0 Å². The Labute approximate surface area is 127 Å². The highest BCUT2D eigenvalue weighted by Gasteiger charge is 2.41. The molecule has 1 N–H and O–H groups in total. The van der Waals surface area contributed by atoms with Gasteiger partial charge in [0.05, 0.1) is 6.54 Å². The normalized spacial score (nSPS) is 22.7. The summed E-state index contributed by atoms with van der Waals surface area (Å²) >= 11 is 1.67. The second-order valence-electron chi connectivity index (χ2n) is 5.65. The number of benzene rings is 1. The quantitative estimate of drug-likeness (QED) is 0.947. The van der Waals surface area contributed by atoms with Gasteiger partial charge in [0.1, 0.15) is 5.54 Å². The van der Waals surface area contributed by atoms with Crippen LogP contribution in [0.3, 0.4) is 0 Å². The van der Waals surface area contributed by atoms with Gasteiger partial charge in [0.2, 0.25) is 11.8 Å². The maximum absolute atomic E-state index is 12.6. The molecule has 110 valence electrons. The number of amides is 2. The van der Waals surface area contributed by atoms with Gasteiger partial charge in [-0.05, 0) is 35.7 Å². The molecule has 3 rings (SSSR count). The number of nitrogens with zero attached hydrogens (tertiary/aromatic N) is 1. The third-order valence-electron chi connectivity index (χ3n) is 4.14. The predicted octanol–water partition coefficient (Wildman–Crippen LogP) is 2.53. The molecule has 1 aliphatic rings. The second-order valence-corrected chi connectivity index (χ2v) is 6.56. The molecule has 2 amide bonds. The summed E-state index contributed by atoms with van der Waals surface area (Å²) in [6, 6.07) is 8.15. The summed E-state index contributed by atoms with van der Waals surface area (Å²) in [6.07, 6.45) is 0.596. The maximum Gasteiger partial charge on any atom is 0.248 e. The van der Waals surface area contributed by atoms with Crippen molar-refractivity contribution in [1.29, 1.82) is 0 Å². The fourth-order valence-corrected chi connectivity index (χ4v) is 3.68. The largest absolute Gasteiger partial charge is 0.340 e. The third kappa shape index (κ3) is 2.42. The number of carbonyl (C=O) groups is 2. The molecule has 1 aromatic carbocycles. The van der Waals surface area contributed by atoms with Crippen LogP contribution >= 0.6 is 11.3 Å². The monoisotopic (exact) mass is 302 g/mol. The molecule has 2 aromatic rings. The van der Waals surface area contributed by atoms with Crippen LogP contribution in [0.25, 0.3) is 10.1 Å². The van der Waals surface area contributed by atoms with E-state index in [1.165, 1.54) is 10.1 Å². The first-order valence-corrected chi connectivity index (χ1v) is 7.97. The summed E-state index contributed by atoms with van der Waals surface area (Å²) in [7, 11) is 0. The van der Waals surface area contributed by atoms with Crippen molar-refractivity contribution in [2.75, 3.05) is 6.54 Å². The molecular weight excluding hydrogens is 284 g/mol. The molecule has 1 unspecified atom stereocenters. The molecule has 1 atom stereocenters. The van der Waals surface area contributed by atoms with Crippen molar-refractivity contribution in [1.82, 2.24) is 10.2 Å². The summed E-state index contributed by atoms with van der Waals surface area (Å²) in [6.45, 7) is 4.34. The summed E-state index contributed by atoms with van der Waals surface area (Å²) in [4.78, 5) is 26.1. The molecule has 1 fully saturated rings. The number of carbonyl (C=O) groups excluding carboxylic acids is 2. The van der Waals surface area contributed by atoms with E-state index in [2.05, 4.69) is 22.8 Å². The van der Waals surface area contributed by atoms with Crippen molar-refractivity contribution in [2.45, 2.75) is 32.4 Å². The number of nitrogens with one attached hydrogen (secondary N) is 1. The number of thiophene rings is 1. The van der Waals surface area contributed by atoms with E-state index in [4.69, 9.17) is 0 Å². The SMILES string of the molecule is CCC1(C)NC(=O)CN(Cc2csc3ccccc23)C1=O. The van der Waals surface area contributed by atoms with Crippen molar-refractivity contribution in [3.63, 3.8) is 0 Å². The first kappa shape index (κ1) is 14.1. The van der Waals surface area contributed by atoms with E-state index in [-0.39, 0.29) is 18.4 Å². The molecule has 0 bridgehead atoms. The molecule has 1 aliphatic heterocycles. The van der Waals surface area contributed by atoms with Crippen molar-refractivity contribution < 1.29 is 9.59 Å². The van der Waals surface area contributed by atoms with E-state index in [1.807, 2.05) is 19.1 Å². The van der Waals surface area contributed by atoms with Gasteiger partial charge in [0.15, 0.2) is 0 Å². The molecule has 1 saturated heterocycles. The second kappa shape index (κ2) is 5.15. The maximum atomic E-state index is 12.6. The molecule has 0 aliphatic carbocycles. The number of rotatable bonds is 3. The van der Waals surface area contributed by atoms with E-state index in [0.29, 0.717) is 13.0 Å². The smallest absolute Gasteiger partial charge is 0.248 e. The fourth-order valence-electron chi connectivity index (χ4n) is 2.72. The minimum absolute atomic E-state index is 0.000110. The summed E-state index contributed by atoms with van der Waals surface area (Å²) in [5, 5.41) is 6.05. The van der Waals surface area contributed by atoms with Crippen LogP contribution in [0.4, 0.5) is 0 Å². The minimum Gasteiger partial charge on any atom is -0.340 e. The van der Waals surface area contributed by atoms with Gasteiger partial charge in [-0.1, -0.05) is 25.1 Å². The zero-order valence-corrected chi connectivity index (χ0v) is 13.0. The molecule has 5 heteroatoms. The summed E-state index contributed by atoms with van der Waals surface area (Å²) < 4.78 is 1.21. The molecule has 1 aromatic heterocycles. The molecule has 21 heavy (non-hydrogen) atoms. The van der Waals surface area contributed by atoms with Crippen LogP contribution in [0.15, 0.2) is 29.6 Å². The van der Waals surface area contributed by atoms with E-state index in [1.54, 1.807) is 23.2 Å². The first-order valence-electron chi connectivity index (χ1n) is 7.09. The van der Waals surface area contributed by atoms with Crippen LogP contribution in [0.1, 0.15) is 25.8 Å². The summed E-state index contributed by atoms with van der Waals surface area (Å²) in [5.41, 5.74) is 0.332. The van der Waals surface area contributed by atoms with E-state index >= 15 is 0 Å². The predicted molar refractivity (Wildman–Crippen MR) is 84.1 cm³/mol. The number of hydrogen-bond donors (Lipinski definition) is 1. The highest BCUT2D eigenvalue weighted by Crippen LogP contribution is 2.28. The highest BCUT2D eigenvalue weighted by atomic mass is 32.1. The molecule has 0 spiro atoms. The Morgan fingerprint density at radius 2 is 2.10 bits per heavy atom. The molecular formula is C16H18N2O2S. The van der Waals surface area contributed by atoms with Gasteiger partial charge in [0.25, 0.3) is 0 Å². The van der Waals surface area contributed by atoms with Gasteiger partial charge in [-0.2, -0.15) is 0 Å². The Kier molecular flexibility index (Phi) is 3.45. The third-order valence-corrected chi connectivity index (χ3v) is 5.15. The van der Waals surface area contributed by atoms with Gasteiger partial charge >= 0.3 is 0 Å². The van der Waals surface area contributed by atoms with E-state index < -0.39 is 5.54 Å². The molecule has 0 saturated carbocycles. The first-order chi connectivity index (χ1) is 10.0. The lowest BCUT2D eigenvalue weighted by molar-refractivity contribution is -0.149. The zero-order valence-electron chi connectivity index (χ0n) is 12.2. The van der Waals surface area contributed by atoms with Crippen LogP contribution < -0.4 is 5.32 Å². The Morgan fingerprint density at radius 1 is 1.33 bits per heavy atom. The van der Waals surface area contributed by atoms with Crippen molar-refractivity contribution in [3.05, 3.63) is 35.2 Å². The zero-order chi connectivity index (χ0) is 15.0. The van der Waals surface area contributed by atoms with Crippen LogP contribution in [0.2, 0.25) is 0 Å². The van der Waals surface area contributed by atoms with Crippen LogP contribution in [0, 0.1) is 0 Å². The van der Waals surface area contributed by atoms with Crippen LogP contribution in [-0.4, -0.2) is 28.8 Å². The average molecular weight is 302 g/mol. The lowest BCUT2D eigenvalue weighted by atomic mass is 9.94. The Bertz CT molecular complexity index is 709. The van der Waals surface area contributed by atoms with Crippen LogP contribution in [0.5, 0.6) is 0 Å². The van der Waals surface area contributed by atoms with Gasteiger partial charge < -0.3 is 10.2 Å². The van der Waals surface area contributed by atoms with Gasteiger partial charge in [-0.3, -0.25) is 9.59 Å². The fraction of sp³-hybridized carbons (Fsp3) is 0.375. The van der Waals surface area contributed by atoms with Gasteiger partial charge in [0, 0.05) is 11.2 Å². The molecule has 0 radical (unpaired) electrons. The van der Waals surface area contributed by atoms with Crippen LogP contribution in [-0.2, 0) is 16.1 Å². The Morgan fingerprint density at radius 3 is 2.86 bits per heavy atom. The van der Waals surface area contributed by atoms with E-state index in [9.17, 15) is 9.59 Å². The number of hydrogen-bond acceptors (Lipinski definition) is 3. The van der Waals surface area contributed by atoms with Gasteiger partial charge in [-0.15, -0.1) is 11.3 Å². The summed E-state index contributed by atoms with van der Waals surface area (Å²) in [5.74, 6) is -0.0848.